The number of aromatic nitrogens is 2. The van der Waals surface area contributed by atoms with Crippen molar-refractivity contribution in [2.75, 3.05) is 5.73 Å². The Morgan fingerprint density at radius 3 is 2.42 bits per heavy atom. The van der Waals surface area contributed by atoms with Crippen molar-refractivity contribution in [2.45, 2.75) is 33.2 Å². The predicted octanol–water partition coefficient (Wildman–Crippen LogP) is 3.09. The molecule has 0 radical (unpaired) electrons. The summed E-state index contributed by atoms with van der Waals surface area (Å²) >= 11 is 0. The topological polar surface area (TPSA) is 60.9 Å². The molecule has 0 spiro atoms. The number of nitrogen functional groups attached to an aromatic ring is 1. The Labute approximate surface area is 113 Å². The van der Waals surface area contributed by atoms with Gasteiger partial charge < -0.3 is 5.73 Å². The van der Waals surface area contributed by atoms with Crippen molar-refractivity contribution in [3.8, 4) is 11.3 Å². The molecule has 0 unspecified atom stereocenters. The predicted molar refractivity (Wildman–Crippen MR) is 77.2 cm³/mol. The SMILES string of the molecule is CCc1ccc(-c2nn(C(C)C)c(N)c2C=O)cc1. The van der Waals surface area contributed by atoms with Gasteiger partial charge in [-0.05, 0) is 25.8 Å². The standard InChI is InChI=1S/C15H19N3O/c1-4-11-5-7-12(8-6-11)14-13(9-19)15(16)18(17-14)10(2)3/h5-10H,4,16H2,1-3H3. The van der Waals surface area contributed by atoms with Crippen LogP contribution in [0.5, 0.6) is 0 Å². The second-order valence-corrected chi connectivity index (χ2v) is 4.85. The van der Waals surface area contributed by atoms with E-state index in [0.29, 0.717) is 17.1 Å². The van der Waals surface area contributed by atoms with E-state index in [1.54, 1.807) is 4.68 Å². The number of benzene rings is 1. The number of nitrogens with zero attached hydrogens (tertiary/aromatic N) is 2. The number of aryl methyl sites for hydroxylation is 1. The average Bonchev–Trinajstić information content (AvgIpc) is 2.76. The van der Waals surface area contributed by atoms with Crippen molar-refractivity contribution in [2.24, 2.45) is 0 Å². The highest BCUT2D eigenvalue weighted by atomic mass is 16.1. The zero-order chi connectivity index (χ0) is 14.0. The van der Waals surface area contributed by atoms with Crippen LogP contribution in [0.4, 0.5) is 5.82 Å². The maximum atomic E-state index is 11.2. The van der Waals surface area contributed by atoms with E-state index in [-0.39, 0.29) is 6.04 Å². The second kappa shape index (κ2) is 5.26. The highest BCUT2D eigenvalue weighted by molar-refractivity contribution is 5.91. The van der Waals surface area contributed by atoms with Crippen molar-refractivity contribution in [3.63, 3.8) is 0 Å². The van der Waals surface area contributed by atoms with Gasteiger partial charge in [0.25, 0.3) is 0 Å². The molecule has 0 atom stereocenters. The molecule has 0 bridgehead atoms. The number of carbonyl (C=O) groups is 1. The van der Waals surface area contributed by atoms with Crippen molar-refractivity contribution in [3.05, 3.63) is 35.4 Å². The van der Waals surface area contributed by atoms with Crippen LogP contribution < -0.4 is 5.73 Å². The average molecular weight is 257 g/mol. The van der Waals surface area contributed by atoms with E-state index in [0.717, 1.165) is 18.3 Å². The van der Waals surface area contributed by atoms with Crippen molar-refractivity contribution < 1.29 is 4.79 Å². The molecule has 1 aromatic carbocycles. The molecular weight excluding hydrogens is 238 g/mol. The summed E-state index contributed by atoms with van der Waals surface area (Å²) in [7, 11) is 0. The Kier molecular flexibility index (Phi) is 3.69. The Hall–Kier alpha value is -2.10. The van der Waals surface area contributed by atoms with Crippen molar-refractivity contribution >= 4 is 12.1 Å². The lowest BCUT2D eigenvalue weighted by Gasteiger charge is -2.06. The number of hydrogen-bond donors (Lipinski definition) is 1. The first-order chi connectivity index (χ1) is 9.08. The quantitative estimate of drug-likeness (QED) is 0.856. The van der Waals surface area contributed by atoms with E-state index in [1.165, 1.54) is 5.56 Å². The number of aldehydes is 1. The Morgan fingerprint density at radius 2 is 1.95 bits per heavy atom. The van der Waals surface area contributed by atoms with Crippen LogP contribution in [0.2, 0.25) is 0 Å². The molecule has 0 saturated carbocycles. The lowest BCUT2D eigenvalue weighted by Crippen LogP contribution is -2.07. The Balaban J connectivity index is 2.54. The van der Waals surface area contributed by atoms with E-state index in [4.69, 9.17) is 5.73 Å². The van der Waals surface area contributed by atoms with Crippen LogP contribution in [0.1, 0.15) is 42.7 Å². The summed E-state index contributed by atoms with van der Waals surface area (Å²) in [6.45, 7) is 6.08. The van der Waals surface area contributed by atoms with Gasteiger partial charge in [-0.1, -0.05) is 31.2 Å². The summed E-state index contributed by atoms with van der Waals surface area (Å²) in [4.78, 5) is 11.2. The zero-order valence-electron chi connectivity index (χ0n) is 11.6. The van der Waals surface area contributed by atoms with Crippen LogP contribution in [-0.2, 0) is 6.42 Å². The van der Waals surface area contributed by atoms with Crippen LogP contribution in [0.3, 0.4) is 0 Å². The van der Waals surface area contributed by atoms with E-state index in [9.17, 15) is 4.79 Å². The lowest BCUT2D eigenvalue weighted by molar-refractivity contribution is 0.112. The maximum Gasteiger partial charge on any atom is 0.156 e. The molecule has 0 fully saturated rings. The summed E-state index contributed by atoms with van der Waals surface area (Å²) in [5.74, 6) is 0.430. The van der Waals surface area contributed by atoms with Crippen LogP contribution in [-0.4, -0.2) is 16.1 Å². The minimum absolute atomic E-state index is 0.127. The normalized spacial score (nSPS) is 10.9. The van der Waals surface area contributed by atoms with Crippen LogP contribution >= 0.6 is 0 Å². The number of nitrogens with two attached hydrogens (primary N) is 1. The second-order valence-electron chi connectivity index (χ2n) is 4.85. The van der Waals surface area contributed by atoms with Gasteiger partial charge in [-0.25, -0.2) is 4.68 Å². The number of rotatable bonds is 4. The van der Waals surface area contributed by atoms with E-state index in [2.05, 4.69) is 24.2 Å². The number of carbonyl (C=O) groups excluding carboxylic acids is 1. The lowest BCUT2D eigenvalue weighted by atomic mass is 10.1. The highest BCUT2D eigenvalue weighted by Crippen LogP contribution is 2.28. The third kappa shape index (κ3) is 2.38. The van der Waals surface area contributed by atoms with Gasteiger partial charge in [0.05, 0.1) is 5.56 Å². The van der Waals surface area contributed by atoms with Crippen LogP contribution in [0.15, 0.2) is 24.3 Å². The van der Waals surface area contributed by atoms with Gasteiger partial charge in [-0.15, -0.1) is 0 Å². The molecule has 4 heteroatoms. The van der Waals surface area contributed by atoms with E-state index < -0.39 is 0 Å². The minimum atomic E-state index is 0.127. The molecule has 2 aromatic rings. The summed E-state index contributed by atoms with van der Waals surface area (Å²) in [6, 6.07) is 8.20. The van der Waals surface area contributed by atoms with Crippen molar-refractivity contribution in [1.29, 1.82) is 0 Å². The molecule has 4 nitrogen and oxygen atoms in total. The Morgan fingerprint density at radius 1 is 1.32 bits per heavy atom. The van der Waals surface area contributed by atoms with E-state index >= 15 is 0 Å². The largest absolute Gasteiger partial charge is 0.383 e. The van der Waals surface area contributed by atoms with Crippen LogP contribution in [0, 0.1) is 0 Å². The fourth-order valence-corrected chi connectivity index (χ4v) is 2.08. The molecule has 0 saturated heterocycles. The monoisotopic (exact) mass is 257 g/mol. The summed E-state index contributed by atoms with van der Waals surface area (Å²) in [5, 5.41) is 4.47. The molecule has 19 heavy (non-hydrogen) atoms. The van der Waals surface area contributed by atoms with Gasteiger partial charge in [-0.2, -0.15) is 5.10 Å². The van der Waals surface area contributed by atoms with Gasteiger partial charge >= 0.3 is 0 Å². The van der Waals surface area contributed by atoms with Gasteiger partial charge in [0.1, 0.15) is 11.5 Å². The first-order valence-corrected chi connectivity index (χ1v) is 6.51. The van der Waals surface area contributed by atoms with E-state index in [1.807, 2.05) is 26.0 Å². The molecule has 2 rings (SSSR count). The fraction of sp³-hybridized carbons (Fsp3) is 0.333. The molecule has 0 amide bonds. The number of hydrogen-bond acceptors (Lipinski definition) is 3. The molecule has 100 valence electrons. The summed E-state index contributed by atoms with van der Waals surface area (Å²) < 4.78 is 1.69. The van der Waals surface area contributed by atoms with Gasteiger partial charge in [-0.3, -0.25) is 4.79 Å². The zero-order valence-corrected chi connectivity index (χ0v) is 11.6. The molecule has 1 heterocycles. The molecule has 2 N–H and O–H groups in total. The molecule has 0 aliphatic carbocycles. The third-order valence-electron chi connectivity index (χ3n) is 3.23. The Bertz CT molecular complexity index is 582. The first-order valence-electron chi connectivity index (χ1n) is 6.51. The summed E-state index contributed by atoms with van der Waals surface area (Å²) in [5.41, 5.74) is 9.28. The number of anilines is 1. The molecular formula is C15H19N3O. The first kappa shape index (κ1) is 13.3. The maximum absolute atomic E-state index is 11.2. The smallest absolute Gasteiger partial charge is 0.156 e. The molecule has 0 aliphatic rings. The van der Waals surface area contributed by atoms with Crippen LogP contribution in [0.25, 0.3) is 11.3 Å². The minimum Gasteiger partial charge on any atom is -0.383 e. The molecule has 0 aliphatic heterocycles. The van der Waals surface area contributed by atoms with Gasteiger partial charge in [0.2, 0.25) is 0 Å². The third-order valence-corrected chi connectivity index (χ3v) is 3.23. The van der Waals surface area contributed by atoms with Gasteiger partial charge in [0.15, 0.2) is 6.29 Å². The summed E-state index contributed by atoms with van der Waals surface area (Å²) in [6.07, 6.45) is 1.77. The van der Waals surface area contributed by atoms with Crippen molar-refractivity contribution in [1.82, 2.24) is 9.78 Å². The highest BCUT2D eigenvalue weighted by Gasteiger charge is 2.17. The fourth-order valence-electron chi connectivity index (χ4n) is 2.08. The molecule has 1 aromatic heterocycles. The van der Waals surface area contributed by atoms with Gasteiger partial charge in [0, 0.05) is 11.6 Å².